The molecule has 5 heterocycles. The van der Waals surface area contributed by atoms with Crippen LogP contribution in [0.25, 0.3) is 0 Å². The van der Waals surface area contributed by atoms with E-state index in [4.69, 9.17) is 4.42 Å². The van der Waals surface area contributed by atoms with Crippen molar-refractivity contribution in [1.29, 1.82) is 0 Å². The van der Waals surface area contributed by atoms with Crippen molar-refractivity contribution in [3.05, 3.63) is 52.3 Å². The molecule has 2 atom stereocenters. The Hall–Kier alpha value is -2.38. The molecule has 0 unspecified atom stereocenters. The third kappa shape index (κ3) is 3.53. The highest BCUT2D eigenvalue weighted by atomic mass is 16.3. The lowest BCUT2D eigenvalue weighted by atomic mass is 9.81. The third-order valence-corrected chi connectivity index (χ3v) is 6.82. The summed E-state index contributed by atoms with van der Waals surface area (Å²) >= 11 is 0. The second-order valence-electron chi connectivity index (χ2n) is 8.80. The molecule has 29 heavy (non-hydrogen) atoms. The van der Waals surface area contributed by atoms with Gasteiger partial charge in [0, 0.05) is 43.4 Å². The van der Waals surface area contributed by atoms with E-state index in [1.54, 1.807) is 24.3 Å². The van der Waals surface area contributed by atoms with Crippen molar-refractivity contribution in [2.45, 2.75) is 37.8 Å². The lowest BCUT2D eigenvalue weighted by Crippen LogP contribution is -2.53. The lowest BCUT2D eigenvalue weighted by Gasteiger charge is -2.47. The Labute approximate surface area is 170 Å². The van der Waals surface area contributed by atoms with Gasteiger partial charge in [0.25, 0.3) is 11.5 Å². The van der Waals surface area contributed by atoms with Crippen molar-refractivity contribution in [2.24, 2.45) is 5.92 Å². The first-order valence-electron chi connectivity index (χ1n) is 10.6. The van der Waals surface area contributed by atoms with Gasteiger partial charge in [-0.25, -0.2) is 0 Å². The fraction of sp³-hybridized carbons (Fsp3) is 0.545. The molecule has 1 N–H and O–H groups in total. The summed E-state index contributed by atoms with van der Waals surface area (Å²) in [6.45, 7) is 5.06. The van der Waals surface area contributed by atoms with Gasteiger partial charge >= 0.3 is 0 Å². The fourth-order valence-corrected chi connectivity index (χ4v) is 5.41. The molecule has 7 heteroatoms. The monoisotopic (exact) mass is 396 g/mol. The van der Waals surface area contributed by atoms with Gasteiger partial charge in [-0.05, 0) is 63.5 Å². The second kappa shape index (κ2) is 7.46. The number of furan rings is 1. The molecule has 2 aromatic heterocycles. The zero-order valence-corrected chi connectivity index (χ0v) is 16.8. The van der Waals surface area contributed by atoms with E-state index >= 15 is 0 Å². The largest absolute Gasteiger partial charge is 0.459 e. The Bertz CT molecular complexity index is 943. The maximum absolute atomic E-state index is 12.6. The van der Waals surface area contributed by atoms with Crippen LogP contribution in [-0.4, -0.2) is 59.5 Å². The van der Waals surface area contributed by atoms with Crippen LogP contribution in [0.5, 0.6) is 0 Å². The van der Waals surface area contributed by atoms with Gasteiger partial charge in [0.2, 0.25) is 0 Å². The number of piperidine rings is 2. The molecule has 2 fully saturated rings. The van der Waals surface area contributed by atoms with Crippen molar-refractivity contribution in [3.63, 3.8) is 0 Å². The highest BCUT2D eigenvalue weighted by molar-refractivity contribution is 6.02. The van der Waals surface area contributed by atoms with Gasteiger partial charge < -0.3 is 19.2 Å². The maximum Gasteiger partial charge on any atom is 0.291 e. The minimum Gasteiger partial charge on any atom is -0.459 e. The molecule has 7 nitrogen and oxygen atoms in total. The number of nitrogens with one attached hydrogen (secondary N) is 1. The molecule has 0 aliphatic carbocycles. The molecule has 2 bridgehead atoms. The van der Waals surface area contributed by atoms with Gasteiger partial charge in [-0.3, -0.25) is 14.5 Å². The normalized spacial score (nSPS) is 25.6. The SMILES string of the molecule is CN1CCC(N2C[C@@H]3C[C@H](C2)c2c(NC(=O)c4ccco4)ccc(=O)n2C3)CC1. The van der Waals surface area contributed by atoms with Gasteiger partial charge in [0.05, 0.1) is 12.0 Å². The zero-order chi connectivity index (χ0) is 20.0. The predicted molar refractivity (Wildman–Crippen MR) is 110 cm³/mol. The van der Waals surface area contributed by atoms with Crippen LogP contribution in [0.4, 0.5) is 5.69 Å². The molecule has 154 valence electrons. The summed E-state index contributed by atoms with van der Waals surface area (Å²) in [5.41, 5.74) is 1.74. The number of fused-ring (bicyclic) bond motifs is 4. The van der Waals surface area contributed by atoms with Gasteiger partial charge in [-0.1, -0.05) is 0 Å². The van der Waals surface area contributed by atoms with Crippen LogP contribution in [0.3, 0.4) is 0 Å². The molecule has 5 rings (SSSR count). The summed E-state index contributed by atoms with van der Waals surface area (Å²) in [5, 5.41) is 2.99. The summed E-state index contributed by atoms with van der Waals surface area (Å²) < 4.78 is 7.12. The van der Waals surface area contributed by atoms with E-state index in [0.29, 0.717) is 12.0 Å². The fourth-order valence-electron chi connectivity index (χ4n) is 5.41. The molecule has 2 saturated heterocycles. The Morgan fingerprint density at radius 3 is 2.72 bits per heavy atom. The number of hydrogen-bond acceptors (Lipinski definition) is 5. The van der Waals surface area contributed by atoms with Crippen LogP contribution in [0.2, 0.25) is 0 Å². The summed E-state index contributed by atoms with van der Waals surface area (Å²) in [6.07, 6.45) is 4.99. The van der Waals surface area contributed by atoms with Crippen LogP contribution in [0, 0.1) is 5.92 Å². The van der Waals surface area contributed by atoms with E-state index in [0.717, 1.165) is 50.5 Å². The highest BCUT2D eigenvalue weighted by Gasteiger charge is 2.39. The molecular formula is C22H28N4O3. The number of carbonyl (C=O) groups is 1. The van der Waals surface area contributed by atoms with E-state index in [1.807, 2.05) is 4.57 Å². The molecular weight excluding hydrogens is 368 g/mol. The van der Waals surface area contributed by atoms with E-state index < -0.39 is 0 Å². The number of aromatic nitrogens is 1. The first kappa shape index (κ1) is 18.6. The predicted octanol–water partition coefficient (Wildman–Crippen LogP) is 2.21. The second-order valence-corrected chi connectivity index (χ2v) is 8.80. The summed E-state index contributed by atoms with van der Waals surface area (Å²) in [7, 11) is 2.19. The van der Waals surface area contributed by atoms with Gasteiger partial charge in [-0.15, -0.1) is 0 Å². The van der Waals surface area contributed by atoms with Crippen molar-refractivity contribution in [3.8, 4) is 0 Å². The van der Waals surface area contributed by atoms with Crippen LogP contribution in [0.1, 0.15) is 41.4 Å². The van der Waals surface area contributed by atoms with Crippen molar-refractivity contribution >= 4 is 11.6 Å². The van der Waals surface area contributed by atoms with Crippen LogP contribution in [0.15, 0.2) is 39.7 Å². The van der Waals surface area contributed by atoms with Crippen molar-refractivity contribution < 1.29 is 9.21 Å². The molecule has 3 aliphatic rings. The van der Waals surface area contributed by atoms with Crippen LogP contribution >= 0.6 is 0 Å². The van der Waals surface area contributed by atoms with Crippen LogP contribution < -0.4 is 10.9 Å². The van der Waals surface area contributed by atoms with E-state index in [2.05, 4.69) is 22.2 Å². The smallest absolute Gasteiger partial charge is 0.291 e. The molecule has 0 spiro atoms. The van der Waals surface area contributed by atoms with Gasteiger partial charge in [-0.2, -0.15) is 0 Å². The molecule has 0 aromatic carbocycles. The lowest BCUT2D eigenvalue weighted by molar-refractivity contribution is 0.0519. The van der Waals surface area contributed by atoms with Gasteiger partial charge in [0.1, 0.15) is 0 Å². The zero-order valence-electron chi connectivity index (χ0n) is 16.8. The Morgan fingerprint density at radius 2 is 1.97 bits per heavy atom. The topological polar surface area (TPSA) is 70.7 Å². The van der Waals surface area contributed by atoms with E-state index in [9.17, 15) is 9.59 Å². The maximum atomic E-state index is 12.6. The number of likely N-dealkylation sites (tertiary alicyclic amines) is 2. The van der Waals surface area contributed by atoms with Crippen LogP contribution in [-0.2, 0) is 6.54 Å². The average Bonchev–Trinajstić information content (AvgIpc) is 3.25. The summed E-state index contributed by atoms with van der Waals surface area (Å²) in [6, 6.07) is 7.29. The molecule has 1 amide bonds. The number of hydrogen-bond donors (Lipinski definition) is 1. The first-order valence-corrected chi connectivity index (χ1v) is 10.6. The summed E-state index contributed by atoms with van der Waals surface area (Å²) in [5.74, 6) is 0.763. The molecule has 0 radical (unpaired) electrons. The average molecular weight is 396 g/mol. The van der Waals surface area contributed by atoms with E-state index in [1.165, 1.54) is 19.1 Å². The number of rotatable bonds is 3. The summed E-state index contributed by atoms with van der Waals surface area (Å²) in [4.78, 5) is 30.2. The molecule has 3 aliphatic heterocycles. The standard InChI is InChI=1S/C22H28N4O3/c1-24-8-6-17(7-9-24)25-12-15-11-16(14-25)21-18(4-5-20(27)26(21)13-15)23-22(28)19-3-2-10-29-19/h2-5,10,15-17H,6-9,11-14H2,1H3,(H,23,28)/t15-,16+/m0/s1. The number of nitrogens with zero attached hydrogens (tertiary/aromatic N) is 3. The Morgan fingerprint density at radius 1 is 1.14 bits per heavy atom. The number of pyridine rings is 1. The minimum atomic E-state index is -0.276. The number of carbonyl (C=O) groups excluding carboxylic acids is 1. The van der Waals surface area contributed by atoms with Gasteiger partial charge in [0.15, 0.2) is 5.76 Å². The van der Waals surface area contributed by atoms with E-state index in [-0.39, 0.29) is 23.1 Å². The molecule has 0 saturated carbocycles. The first-order chi connectivity index (χ1) is 14.1. The third-order valence-electron chi connectivity index (χ3n) is 6.82. The quantitative estimate of drug-likeness (QED) is 0.861. The van der Waals surface area contributed by atoms with Crippen molar-refractivity contribution in [2.75, 3.05) is 38.5 Å². The Balaban J connectivity index is 1.42. The Kier molecular flexibility index (Phi) is 4.80. The highest BCUT2D eigenvalue weighted by Crippen LogP contribution is 2.40. The number of anilines is 1. The number of amides is 1. The minimum absolute atomic E-state index is 0.0263. The molecule has 2 aromatic rings. The van der Waals surface area contributed by atoms with Crippen molar-refractivity contribution in [1.82, 2.24) is 14.4 Å².